The summed E-state index contributed by atoms with van der Waals surface area (Å²) in [6.45, 7) is 0. The summed E-state index contributed by atoms with van der Waals surface area (Å²) in [5.74, 6) is -0.273. The summed E-state index contributed by atoms with van der Waals surface area (Å²) >= 11 is 0. The largest absolute Gasteiger partial charge is 0.326 e. The van der Waals surface area contributed by atoms with Crippen LogP contribution in [0, 0.1) is 5.92 Å². The van der Waals surface area contributed by atoms with Gasteiger partial charge in [-0.15, -0.1) is 0 Å². The fourth-order valence-electron chi connectivity index (χ4n) is 2.20. The molecule has 2 rings (SSSR count). The Bertz CT molecular complexity index is 487. The molecule has 2 amide bonds. The van der Waals surface area contributed by atoms with Crippen molar-refractivity contribution in [3.63, 3.8) is 0 Å². The molecule has 5 nitrogen and oxygen atoms in total. The highest BCUT2D eigenvalue weighted by atomic mass is 16.7. The number of amides is 2. The number of rotatable bonds is 4. The molecule has 102 valence electrons. The number of carbonyl (C=O) groups is 2. The number of fused-ring (bicyclic) bond motifs is 1. The van der Waals surface area contributed by atoms with E-state index >= 15 is 0 Å². The molecule has 0 aliphatic carbocycles. The predicted octanol–water partition coefficient (Wildman–Crippen LogP) is 1.60. The van der Waals surface area contributed by atoms with E-state index in [9.17, 15) is 9.59 Å². The first-order valence-electron chi connectivity index (χ1n) is 6.31. The number of hydrogen-bond donors (Lipinski definition) is 1. The van der Waals surface area contributed by atoms with Crippen LogP contribution in [0.25, 0.3) is 0 Å². The molecule has 19 heavy (non-hydrogen) atoms. The molecular weight excluding hydrogens is 244 g/mol. The normalized spacial score (nSPS) is 17.6. The van der Waals surface area contributed by atoms with Crippen molar-refractivity contribution < 1.29 is 14.4 Å². The van der Waals surface area contributed by atoms with Crippen LogP contribution < -0.4 is 5.32 Å². The highest BCUT2D eigenvalue weighted by Gasteiger charge is 2.26. The zero-order chi connectivity index (χ0) is 13.8. The summed E-state index contributed by atoms with van der Waals surface area (Å²) in [6.07, 6.45) is 1.53. The molecule has 0 saturated heterocycles. The van der Waals surface area contributed by atoms with E-state index in [0.717, 1.165) is 11.3 Å². The van der Waals surface area contributed by atoms with E-state index in [-0.39, 0.29) is 17.7 Å². The average Bonchev–Trinajstić information content (AvgIpc) is 2.43. The van der Waals surface area contributed by atoms with Crippen molar-refractivity contribution in [1.82, 2.24) is 5.06 Å². The lowest BCUT2D eigenvalue weighted by Gasteiger charge is -2.24. The van der Waals surface area contributed by atoms with Crippen LogP contribution in [-0.2, 0) is 20.8 Å². The van der Waals surface area contributed by atoms with Gasteiger partial charge in [0.05, 0.1) is 7.11 Å². The molecule has 1 aromatic carbocycles. The van der Waals surface area contributed by atoms with Gasteiger partial charge < -0.3 is 5.32 Å². The second-order valence-corrected chi connectivity index (χ2v) is 4.66. The third kappa shape index (κ3) is 3.12. The minimum absolute atomic E-state index is 0.00781. The Morgan fingerprint density at radius 1 is 1.47 bits per heavy atom. The minimum atomic E-state index is -0.149. The fourth-order valence-corrected chi connectivity index (χ4v) is 2.20. The van der Waals surface area contributed by atoms with Gasteiger partial charge in [0.15, 0.2) is 0 Å². The topological polar surface area (TPSA) is 58.6 Å². The number of anilines is 1. The number of carbonyl (C=O) groups excluding carboxylic acids is 2. The van der Waals surface area contributed by atoms with Crippen molar-refractivity contribution in [2.45, 2.75) is 19.3 Å². The van der Waals surface area contributed by atoms with Crippen molar-refractivity contribution >= 4 is 17.5 Å². The van der Waals surface area contributed by atoms with Gasteiger partial charge in [0.1, 0.15) is 0 Å². The lowest BCUT2D eigenvalue weighted by Crippen LogP contribution is -2.32. The molecule has 0 radical (unpaired) electrons. The second kappa shape index (κ2) is 5.84. The molecule has 1 aliphatic rings. The van der Waals surface area contributed by atoms with E-state index < -0.39 is 0 Å². The maximum atomic E-state index is 11.9. The van der Waals surface area contributed by atoms with Crippen molar-refractivity contribution in [3.05, 3.63) is 29.8 Å². The Kier molecular flexibility index (Phi) is 4.16. The Balaban J connectivity index is 1.96. The second-order valence-electron chi connectivity index (χ2n) is 4.66. The van der Waals surface area contributed by atoms with Gasteiger partial charge in [-0.05, 0) is 24.5 Å². The van der Waals surface area contributed by atoms with Gasteiger partial charge >= 0.3 is 0 Å². The smallest absolute Gasteiger partial charge is 0.245 e. The van der Waals surface area contributed by atoms with Gasteiger partial charge in [0.2, 0.25) is 11.8 Å². The third-order valence-electron chi connectivity index (χ3n) is 3.44. The molecule has 1 aromatic rings. The first-order chi connectivity index (χ1) is 9.11. The van der Waals surface area contributed by atoms with Crippen LogP contribution in [-0.4, -0.2) is 31.0 Å². The van der Waals surface area contributed by atoms with E-state index in [1.54, 1.807) is 7.05 Å². The SMILES string of the molecule is CON(C)C(=O)CCC1Cc2ccccc2NC1=O. The number of para-hydroxylation sites is 1. The standard InChI is InChI=1S/C14H18N2O3/c1-16(19-2)13(17)8-7-11-9-10-5-3-4-6-12(10)15-14(11)18/h3-6,11H,7-9H2,1-2H3,(H,15,18). The zero-order valence-corrected chi connectivity index (χ0v) is 11.2. The summed E-state index contributed by atoms with van der Waals surface area (Å²) in [6, 6.07) is 7.76. The van der Waals surface area contributed by atoms with Crippen molar-refractivity contribution in [2.75, 3.05) is 19.5 Å². The minimum Gasteiger partial charge on any atom is -0.326 e. The lowest BCUT2D eigenvalue weighted by molar-refractivity contribution is -0.168. The molecule has 0 fully saturated rings. The molecule has 1 atom stereocenters. The summed E-state index contributed by atoms with van der Waals surface area (Å²) in [4.78, 5) is 28.4. The molecule has 1 N–H and O–H groups in total. The Morgan fingerprint density at radius 2 is 2.21 bits per heavy atom. The van der Waals surface area contributed by atoms with Crippen molar-refractivity contribution in [3.8, 4) is 0 Å². The monoisotopic (exact) mass is 262 g/mol. The Hall–Kier alpha value is -1.88. The zero-order valence-electron chi connectivity index (χ0n) is 11.2. The highest BCUT2D eigenvalue weighted by molar-refractivity contribution is 5.95. The summed E-state index contributed by atoms with van der Waals surface area (Å²) in [7, 11) is 3.01. The van der Waals surface area contributed by atoms with Crippen LogP contribution in [0.5, 0.6) is 0 Å². The van der Waals surface area contributed by atoms with Crippen molar-refractivity contribution in [1.29, 1.82) is 0 Å². The van der Waals surface area contributed by atoms with Crippen LogP contribution in [0.1, 0.15) is 18.4 Å². The maximum absolute atomic E-state index is 11.9. The number of nitrogens with one attached hydrogen (secondary N) is 1. The van der Waals surface area contributed by atoms with E-state index in [4.69, 9.17) is 4.84 Å². The molecule has 1 heterocycles. The number of nitrogens with zero attached hydrogens (tertiary/aromatic N) is 1. The number of hydrogen-bond acceptors (Lipinski definition) is 3. The van der Waals surface area contributed by atoms with Crippen LogP contribution in [0.3, 0.4) is 0 Å². The van der Waals surface area contributed by atoms with Gasteiger partial charge in [-0.3, -0.25) is 14.4 Å². The highest BCUT2D eigenvalue weighted by Crippen LogP contribution is 2.27. The van der Waals surface area contributed by atoms with Crippen LogP contribution in [0.15, 0.2) is 24.3 Å². The number of hydroxylamine groups is 2. The lowest BCUT2D eigenvalue weighted by atomic mass is 9.89. The van der Waals surface area contributed by atoms with Gasteiger partial charge in [-0.1, -0.05) is 18.2 Å². The fraction of sp³-hybridized carbons (Fsp3) is 0.429. The van der Waals surface area contributed by atoms with Crippen LogP contribution in [0.2, 0.25) is 0 Å². The quantitative estimate of drug-likeness (QED) is 0.838. The van der Waals surface area contributed by atoms with Gasteiger partial charge in [-0.25, -0.2) is 5.06 Å². The summed E-state index contributed by atoms with van der Waals surface area (Å²) < 4.78 is 0. The maximum Gasteiger partial charge on any atom is 0.245 e. The molecule has 1 unspecified atom stereocenters. The van der Waals surface area contributed by atoms with E-state index in [2.05, 4.69) is 5.32 Å². The Morgan fingerprint density at radius 3 is 2.95 bits per heavy atom. The summed E-state index contributed by atoms with van der Waals surface area (Å²) in [5.41, 5.74) is 2.00. The molecular formula is C14H18N2O3. The van der Waals surface area contributed by atoms with E-state index in [0.29, 0.717) is 19.3 Å². The van der Waals surface area contributed by atoms with Crippen LogP contribution in [0.4, 0.5) is 5.69 Å². The van der Waals surface area contributed by atoms with Crippen LogP contribution >= 0.6 is 0 Å². The third-order valence-corrected chi connectivity index (χ3v) is 3.44. The predicted molar refractivity (Wildman–Crippen MR) is 71.3 cm³/mol. The van der Waals surface area contributed by atoms with E-state index in [1.807, 2.05) is 24.3 Å². The average molecular weight is 262 g/mol. The molecule has 0 saturated carbocycles. The van der Waals surface area contributed by atoms with Gasteiger partial charge in [0.25, 0.3) is 0 Å². The molecule has 0 spiro atoms. The molecule has 5 heteroatoms. The van der Waals surface area contributed by atoms with Crippen molar-refractivity contribution in [2.24, 2.45) is 5.92 Å². The number of benzene rings is 1. The molecule has 0 bridgehead atoms. The van der Waals surface area contributed by atoms with Gasteiger partial charge in [0, 0.05) is 25.1 Å². The van der Waals surface area contributed by atoms with Gasteiger partial charge in [-0.2, -0.15) is 0 Å². The van der Waals surface area contributed by atoms with E-state index in [1.165, 1.54) is 12.2 Å². The molecule has 1 aliphatic heterocycles. The first-order valence-corrected chi connectivity index (χ1v) is 6.31. The summed E-state index contributed by atoms with van der Waals surface area (Å²) in [5, 5.41) is 4.07. The first kappa shape index (κ1) is 13.5. The Labute approximate surface area is 112 Å². The molecule has 0 aromatic heterocycles.